The lowest BCUT2D eigenvalue weighted by molar-refractivity contribution is -0.384. The number of hydrogen-bond acceptors (Lipinski definition) is 5. The smallest absolute Gasteiger partial charge is 0.269 e. The first-order valence-electron chi connectivity index (χ1n) is 5.64. The Hall–Kier alpha value is -1.95. The van der Waals surface area contributed by atoms with Crippen molar-refractivity contribution in [3.63, 3.8) is 0 Å². The van der Waals surface area contributed by atoms with Gasteiger partial charge in [0, 0.05) is 24.7 Å². The Kier molecular flexibility index (Phi) is 3.88. The number of non-ortho nitro benzene ring substituents is 1. The zero-order valence-electron chi connectivity index (χ0n) is 9.70. The van der Waals surface area contributed by atoms with Crippen LogP contribution in [0, 0.1) is 16.0 Å². The maximum Gasteiger partial charge on any atom is 0.269 e. The molecule has 0 saturated carbocycles. The van der Waals surface area contributed by atoms with Crippen molar-refractivity contribution in [2.45, 2.75) is 6.42 Å². The highest BCUT2D eigenvalue weighted by atomic mass is 16.6. The SMILES string of the molecule is O=C(COc1ccc([N+](=O)[O-])cc1)C1CCOC1. The van der Waals surface area contributed by atoms with E-state index >= 15 is 0 Å². The lowest BCUT2D eigenvalue weighted by atomic mass is 10.0. The van der Waals surface area contributed by atoms with Crippen molar-refractivity contribution < 1.29 is 19.2 Å². The summed E-state index contributed by atoms with van der Waals surface area (Å²) in [5.41, 5.74) is -0.00197. The highest BCUT2D eigenvalue weighted by Gasteiger charge is 2.23. The van der Waals surface area contributed by atoms with Crippen LogP contribution < -0.4 is 4.74 Å². The Morgan fingerprint density at radius 1 is 1.44 bits per heavy atom. The van der Waals surface area contributed by atoms with Gasteiger partial charge in [-0.2, -0.15) is 0 Å². The number of ketones is 1. The fourth-order valence-corrected chi connectivity index (χ4v) is 1.72. The summed E-state index contributed by atoms with van der Waals surface area (Å²) >= 11 is 0. The molecule has 0 amide bonds. The first-order chi connectivity index (χ1) is 8.66. The summed E-state index contributed by atoms with van der Waals surface area (Å²) < 4.78 is 10.4. The van der Waals surface area contributed by atoms with Gasteiger partial charge in [0.1, 0.15) is 12.4 Å². The highest BCUT2D eigenvalue weighted by molar-refractivity contribution is 5.82. The molecule has 0 aromatic heterocycles. The quantitative estimate of drug-likeness (QED) is 0.586. The molecule has 1 aliphatic heterocycles. The topological polar surface area (TPSA) is 78.7 Å². The van der Waals surface area contributed by atoms with Crippen LogP contribution in [0.4, 0.5) is 5.69 Å². The number of benzene rings is 1. The standard InChI is InChI=1S/C12H13NO5/c14-12(9-5-6-17-7-9)8-18-11-3-1-10(2-4-11)13(15)16/h1-4,9H,5-8H2. The minimum absolute atomic E-state index is 0.00197. The van der Waals surface area contributed by atoms with Crippen molar-refractivity contribution in [1.82, 2.24) is 0 Å². The number of hydrogen-bond donors (Lipinski definition) is 0. The van der Waals surface area contributed by atoms with Crippen LogP contribution >= 0.6 is 0 Å². The van der Waals surface area contributed by atoms with Crippen LogP contribution in [0.5, 0.6) is 5.75 Å². The van der Waals surface area contributed by atoms with Crippen LogP contribution in [0.2, 0.25) is 0 Å². The molecule has 96 valence electrons. The van der Waals surface area contributed by atoms with E-state index in [-0.39, 0.29) is 24.0 Å². The molecule has 2 rings (SSSR count). The summed E-state index contributed by atoms with van der Waals surface area (Å²) in [6.45, 7) is 1.06. The van der Waals surface area contributed by atoms with Crippen LogP contribution in [0.15, 0.2) is 24.3 Å². The Morgan fingerprint density at radius 3 is 2.72 bits per heavy atom. The second-order valence-corrected chi connectivity index (χ2v) is 4.07. The molecule has 18 heavy (non-hydrogen) atoms. The van der Waals surface area contributed by atoms with Gasteiger partial charge in [-0.05, 0) is 18.6 Å². The highest BCUT2D eigenvalue weighted by Crippen LogP contribution is 2.18. The molecule has 0 N–H and O–H groups in total. The Labute approximate surface area is 104 Å². The number of carbonyl (C=O) groups excluding carboxylic acids is 1. The summed E-state index contributed by atoms with van der Waals surface area (Å²) in [5.74, 6) is 0.377. The van der Waals surface area contributed by atoms with E-state index in [9.17, 15) is 14.9 Å². The average molecular weight is 251 g/mol. The van der Waals surface area contributed by atoms with Gasteiger partial charge in [-0.3, -0.25) is 14.9 Å². The monoisotopic (exact) mass is 251 g/mol. The lowest BCUT2D eigenvalue weighted by Crippen LogP contribution is -2.21. The molecule has 1 aromatic rings. The molecule has 1 unspecified atom stereocenters. The normalized spacial score (nSPS) is 18.6. The van der Waals surface area contributed by atoms with Gasteiger partial charge < -0.3 is 9.47 Å². The second-order valence-electron chi connectivity index (χ2n) is 4.07. The van der Waals surface area contributed by atoms with E-state index in [0.29, 0.717) is 19.0 Å². The molecule has 0 spiro atoms. The van der Waals surface area contributed by atoms with Gasteiger partial charge in [0.15, 0.2) is 5.78 Å². The number of carbonyl (C=O) groups is 1. The number of nitro benzene ring substituents is 1. The van der Waals surface area contributed by atoms with E-state index in [1.165, 1.54) is 24.3 Å². The molecule has 0 radical (unpaired) electrons. The zero-order valence-corrected chi connectivity index (χ0v) is 9.70. The second kappa shape index (κ2) is 5.59. The van der Waals surface area contributed by atoms with Gasteiger partial charge >= 0.3 is 0 Å². The van der Waals surface area contributed by atoms with Gasteiger partial charge in [0.25, 0.3) is 5.69 Å². The van der Waals surface area contributed by atoms with Crippen LogP contribution in [0.1, 0.15) is 6.42 Å². The molecular weight excluding hydrogens is 238 g/mol. The summed E-state index contributed by atoms with van der Waals surface area (Å²) in [4.78, 5) is 21.6. The molecule has 1 aliphatic rings. The van der Waals surface area contributed by atoms with Gasteiger partial charge in [0.05, 0.1) is 11.5 Å². The number of nitro groups is 1. The first kappa shape index (κ1) is 12.5. The maximum absolute atomic E-state index is 11.7. The van der Waals surface area contributed by atoms with Crippen molar-refractivity contribution in [2.24, 2.45) is 5.92 Å². The number of rotatable bonds is 5. The van der Waals surface area contributed by atoms with Crippen LogP contribution in [-0.4, -0.2) is 30.5 Å². The molecule has 6 heteroatoms. The molecule has 0 aliphatic carbocycles. The summed E-state index contributed by atoms with van der Waals surface area (Å²) in [5, 5.41) is 10.4. The molecule has 0 bridgehead atoms. The van der Waals surface area contributed by atoms with Gasteiger partial charge in [-0.1, -0.05) is 0 Å². The predicted molar refractivity (Wildman–Crippen MR) is 62.5 cm³/mol. The maximum atomic E-state index is 11.7. The predicted octanol–water partition coefficient (Wildman–Crippen LogP) is 1.58. The van der Waals surface area contributed by atoms with Crippen LogP contribution in [-0.2, 0) is 9.53 Å². The summed E-state index contributed by atoms with van der Waals surface area (Å²) in [7, 11) is 0. The minimum Gasteiger partial charge on any atom is -0.486 e. The average Bonchev–Trinajstić information content (AvgIpc) is 2.90. The van der Waals surface area contributed by atoms with E-state index in [2.05, 4.69) is 0 Å². The van der Waals surface area contributed by atoms with Gasteiger partial charge in [-0.15, -0.1) is 0 Å². The van der Waals surface area contributed by atoms with Crippen molar-refractivity contribution >= 4 is 11.5 Å². The minimum atomic E-state index is -0.481. The Bertz CT molecular complexity index is 436. The summed E-state index contributed by atoms with van der Waals surface area (Å²) in [6.07, 6.45) is 0.739. The first-order valence-corrected chi connectivity index (χ1v) is 5.64. The van der Waals surface area contributed by atoms with E-state index in [1.807, 2.05) is 0 Å². The fraction of sp³-hybridized carbons (Fsp3) is 0.417. The van der Waals surface area contributed by atoms with Crippen molar-refractivity contribution in [2.75, 3.05) is 19.8 Å². The Balaban J connectivity index is 1.86. The van der Waals surface area contributed by atoms with Crippen LogP contribution in [0.25, 0.3) is 0 Å². The molecule has 1 atom stereocenters. The summed E-state index contributed by atoms with van der Waals surface area (Å²) in [6, 6.07) is 5.66. The third-order valence-corrected chi connectivity index (χ3v) is 2.81. The lowest BCUT2D eigenvalue weighted by Gasteiger charge is -2.08. The molecule has 1 saturated heterocycles. The van der Waals surface area contributed by atoms with Crippen LogP contribution in [0.3, 0.4) is 0 Å². The van der Waals surface area contributed by atoms with E-state index < -0.39 is 4.92 Å². The van der Waals surface area contributed by atoms with E-state index in [4.69, 9.17) is 9.47 Å². The number of nitrogens with zero attached hydrogens (tertiary/aromatic N) is 1. The van der Waals surface area contributed by atoms with Crippen molar-refractivity contribution in [1.29, 1.82) is 0 Å². The Morgan fingerprint density at radius 2 is 2.17 bits per heavy atom. The van der Waals surface area contributed by atoms with Gasteiger partial charge in [0.2, 0.25) is 0 Å². The van der Waals surface area contributed by atoms with E-state index in [0.717, 1.165) is 6.42 Å². The van der Waals surface area contributed by atoms with Crippen molar-refractivity contribution in [3.8, 4) is 5.75 Å². The van der Waals surface area contributed by atoms with E-state index in [1.54, 1.807) is 0 Å². The van der Waals surface area contributed by atoms with Gasteiger partial charge in [-0.25, -0.2) is 0 Å². The molecule has 1 fully saturated rings. The number of Topliss-reactive ketones (excluding diaryl/α,β-unsaturated/α-hetero) is 1. The largest absolute Gasteiger partial charge is 0.486 e. The number of ether oxygens (including phenoxy) is 2. The molecule has 1 heterocycles. The van der Waals surface area contributed by atoms with Crippen molar-refractivity contribution in [3.05, 3.63) is 34.4 Å². The fourth-order valence-electron chi connectivity index (χ4n) is 1.72. The third-order valence-electron chi connectivity index (χ3n) is 2.81. The molecular formula is C12H13NO5. The third kappa shape index (κ3) is 3.04. The zero-order chi connectivity index (χ0) is 13.0. The molecule has 1 aromatic carbocycles. The molecule has 6 nitrogen and oxygen atoms in total.